The zero-order valence-corrected chi connectivity index (χ0v) is 4.69. The predicted octanol–water partition coefficient (Wildman–Crippen LogP) is 0.522. The van der Waals surface area contributed by atoms with E-state index in [-0.39, 0.29) is 0 Å². The summed E-state index contributed by atoms with van der Waals surface area (Å²) < 4.78 is 0. The van der Waals surface area contributed by atoms with Crippen molar-refractivity contribution in [2.75, 3.05) is 6.54 Å². The van der Waals surface area contributed by atoms with Crippen molar-refractivity contribution in [2.24, 2.45) is 4.99 Å². The molecule has 0 saturated carbocycles. The SMILES string of the molecule is O=C(O)N1C=CN=CC1. The van der Waals surface area contributed by atoms with Crippen molar-refractivity contribution >= 4 is 12.3 Å². The summed E-state index contributed by atoms with van der Waals surface area (Å²) in [4.78, 5) is 15.0. The summed E-state index contributed by atoms with van der Waals surface area (Å²) in [5, 5.41) is 8.35. The molecule has 4 heteroatoms. The number of amides is 1. The van der Waals surface area contributed by atoms with Crippen molar-refractivity contribution in [2.45, 2.75) is 0 Å². The molecule has 9 heavy (non-hydrogen) atoms. The van der Waals surface area contributed by atoms with Crippen LogP contribution in [0.4, 0.5) is 4.79 Å². The Morgan fingerprint density at radius 1 is 1.78 bits per heavy atom. The maximum atomic E-state index is 10.2. The molecule has 0 aromatic carbocycles. The number of hydrogen-bond donors (Lipinski definition) is 1. The minimum Gasteiger partial charge on any atom is -0.465 e. The second-order valence-electron chi connectivity index (χ2n) is 1.56. The lowest BCUT2D eigenvalue weighted by Gasteiger charge is -2.11. The lowest BCUT2D eigenvalue weighted by atomic mass is 10.5. The molecule has 0 aliphatic carbocycles. The zero-order valence-electron chi connectivity index (χ0n) is 4.69. The fourth-order valence-electron chi connectivity index (χ4n) is 0.518. The fourth-order valence-corrected chi connectivity index (χ4v) is 0.518. The van der Waals surface area contributed by atoms with Gasteiger partial charge in [0.25, 0.3) is 0 Å². The summed E-state index contributed by atoms with van der Waals surface area (Å²) in [6, 6.07) is 0. The van der Waals surface area contributed by atoms with Crippen LogP contribution >= 0.6 is 0 Å². The van der Waals surface area contributed by atoms with Gasteiger partial charge in [-0.1, -0.05) is 0 Å². The van der Waals surface area contributed by atoms with Crippen molar-refractivity contribution in [3.63, 3.8) is 0 Å². The van der Waals surface area contributed by atoms with E-state index in [4.69, 9.17) is 5.11 Å². The van der Waals surface area contributed by atoms with Gasteiger partial charge in [0.2, 0.25) is 0 Å². The van der Waals surface area contributed by atoms with Gasteiger partial charge in [-0.25, -0.2) is 4.79 Å². The molecule has 0 bridgehead atoms. The van der Waals surface area contributed by atoms with E-state index in [1.165, 1.54) is 18.6 Å². The molecule has 1 aliphatic heterocycles. The van der Waals surface area contributed by atoms with Crippen molar-refractivity contribution in [3.05, 3.63) is 12.4 Å². The van der Waals surface area contributed by atoms with Crippen LogP contribution in [-0.4, -0.2) is 28.9 Å². The average molecular weight is 126 g/mol. The van der Waals surface area contributed by atoms with E-state index in [0.29, 0.717) is 6.54 Å². The molecule has 1 amide bonds. The van der Waals surface area contributed by atoms with Crippen LogP contribution in [0.25, 0.3) is 0 Å². The molecule has 0 unspecified atom stereocenters. The van der Waals surface area contributed by atoms with Gasteiger partial charge in [-0.15, -0.1) is 0 Å². The number of nitrogens with zero attached hydrogens (tertiary/aromatic N) is 2. The molecule has 0 radical (unpaired) electrons. The van der Waals surface area contributed by atoms with Crippen LogP contribution in [0.1, 0.15) is 0 Å². The summed E-state index contributed by atoms with van der Waals surface area (Å²) in [6.07, 6.45) is 3.45. The monoisotopic (exact) mass is 126 g/mol. The molecule has 1 heterocycles. The van der Waals surface area contributed by atoms with Crippen LogP contribution in [0.2, 0.25) is 0 Å². The maximum absolute atomic E-state index is 10.2. The normalized spacial score (nSPS) is 16.2. The van der Waals surface area contributed by atoms with Crippen LogP contribution in [0.5, 0.6) is 0 Å². The third kappa shape index (κ3) is 1.28. The van der Waals surface area contributed by atoms with Gasteiger partial charge in [0.05, 0.1) is 6.54 Å². The van der Waals surface area contributed by atoms with Crippen LogP contribution in [0, 0.1) is 0 Å². The van der Waals surface area contributed by atoms with E-state index in [9.17, 15) is 4.79 Å². The molecular formula is C5H6N2O2. The van der Waals surface area contributed by atoms with E-state index in [2.05, 4.69) is 4.99 Å². The van der Waals surface area contributed by atoms with Crippen LogP contribution < -0.4 is 0 Å². The Balaban J connectivity index is 2.56. The van der Waals surface area contributed by atoms with E-state index < -0.39 is 6.09 Å². The maximum Gasteiger partial charge on any atom is 0.411 e. The first-order valence-corrected chi connectivity index (χ1v) is 2.48. The molecule has 1 aliphatic rings. The van der Waals surface area contributed by atoms with Crippen LogP contribution in [0.3, 0.4) is 0 Å². The highest BCUT2D eigenvalue weighted by molar-refractivity contribution is 5.73. The smallest absolute Gasteiger partial charge is 0.411 e. The highest BCUT2D eigenvalue weighted by atomic mass is 16.4. The molecule has 0 atom stereocenters. The van der Waals surface area contributed by atoms with Crippen LogP contribution in [-0.2, 0) is 0 Å². The van der Waals surface area contributed by atoms with Gasteiger partial charge < -0.3 is 5.11 Å². The topological polar surface area (TPSA) is 52.9 Å². The number of aliphatic imine (C=N–C) groups is 1. The second-order valence-corrected chi connectivity index (χ2v) is 1.56. The summed E-state index contributed by atoms with van der Waals surface area (Å²) in [6.45, 7) is 0.353. The second kappa shape index (κ2) is 2.30. The molecule has 1 rings (SSSR count). The molecule has 48 valence electrons. The highest BCUT2D eigenvalue weighted by Crippen LogP contribution is 1.93. The summed E-state index contributed by atoms with van der Waals surface area (Å²) in [7, 11) is 0. The predicted molar refractivity (Wildman–Crippen MR) is 32.4 cm³/mol. The summed E-state index contributed by atoms with van der Waals surface area (Å²) in [5.74, 6) is 0. The Hall–Kier alpha value is -1.32. The van der Waals surface area contributed by atoms with Gasteiger partial charge in [0, 0.05) is 18.6 Å². The Bertz CT molecular complexity index is 174. The Morgan fingerprint density at radius 2 is 2.56 bits per heavy atom. The van der Waals surface area contributed by atoms with Gasteiger partial charge in [-0.2, -0.15) is 0 Å². The van der Waals surface area contributed by atoms with E-state index in [1.807, 2.05) is 0 Å². The van der Waals surface area contributed by atoms with Gasteiger partial charge in [0.15, 0.2) is 0 Å². The van der Waals surface area contributed by atoms with Gasteiger partial charge in [-0.05, 0) is 0 Å². The Kier molecular flexibility index (Phi) is 1.48. The van der Waals surface area contributed by atoms with Gasteiger partial charge >= 0.3 is 6.09 Å². The first-order chi connectivity index (χ1) is 4.30. The number of carbonyl (C=O) groups is 1. The first kappa shape index (κ1) is 5.81. The molecule has 0 spiro atoms. The quantitative estimate of drug-likeness (QED) is 0.514. The lowest BCUT2D eigenvalue weighted by Crippen LogP contribution is -2.26. The van der Waals surface area contributed by atoms with E-state index >= 15 is 0 Å². The zero-order chi connectivity index (χ0) is 6.69. The van der Waals surface area contributed by atoms with E-state index in [1.54, 1.807) is 0 Å². The molecule has 1 N–H and O–H groups in total. The standard InChI is InChI=1S/C5H6N2O2/c8-5(9)7-3-1-6-2-4-7/h1-3H,4H2,(H,8,9). The third-order valence-electron chi connectivity index (χ3n) is 0.962. The van der Waals surface area contributed by atoms with Crippen molar-refractivity contribution in [1.82, 2.24) is 4.90 Å². The Morgan fingerprint density at radius 3 is 2.89 bits per heavy atom. The lowest BCUT2D eigenvalue weighted by molar-refractivity contribution is 0.167. The fraction of sp³-hybridized carbons (Fsp3) is 0.200. The Labute approximate surface area is 52.1 Å². The molecule has 0 saturated heterocycles. The van der Waals surface area contributed by atoms with Crippen molar-refractivity contribution < 1.29 is 9.90 Å². The summed E-state index contributed by atoms with van der Waals surface area (Å²) in [5.41, 5.74) is 0. The minimum absolute atomic E-state index is 0.353. The summed E-state index contributed by atoms with van der Waals surface area (Å²) >= 11 is 0. The third-order valence-corrected chi connectivity index (χ3v) is 0.962. The van der Waals surface area contributed by atoms with Gasteiger partial charge in [-0.3, -0.25) is 9.89 Å². The first-order valence-electron chi connectivity index (χ1n) is 2.48. The average Bonchev–Trinajstić information content (AvgIpc) is 1.90. The highest BCUT2D eigenvalue weighted by Gasteiger charge is 2.06. The number of carboxylic acid groups (broad SMARTS) is 1. The molecule has 0 aromatic heterocycles. The van der Waals surface area contributed by atoms with E-state index in [0.717, 1.165) is 4.90 Å². The number of hydrogen-bond acceptors (Lipinski definition) is 2. The minimum atomic E-state index is -0.947. The van der Waals surface area contributed by atoms with Crippen molar-refractivity contribution in [3.8, 4) is 0 Å². The largest absolute Gasteiger partial charge is 0.465 e. The van der Waals surface area contributed by atoms with Crippen molar-refractivity contribution in [1.29, 1.82) is 0 Å². The number of rotatable bonds is 0. The molecule has 0 aromatic rings. The molecule has 0 fully saturated rings. The van der Waals surface area contributed by atoms with Gasteiger partial charge in [0.1, 0.15) is 0 Å². The molecule has 4 nitrogen and oxygen atoms in total. The molecular weight excluding hydrogens is 120 g/mol. The van der Waals surface area contributed by atoms with Crippen LogP contribution in [0.15, 0.2) is 17.4 Å².